The van der Waals surface area contributed by atoms with Gasteiger partial charge in [0.1, 0.15) is 0 Å². The van der Waals surface area contributed by atoms with E-state index in [4.69, 9.17) is 0 Å². The Morgan fingerprint density at radius 3 is 1.31 bits per heavy atom. The minimum atomic E-state index is -0.160. The van der Waals surface area contributed by atoms with Gasteiger partial charge < -0.3 is 0 Å². The lowest BCUT2D eigenvalue weighted by molar-refractivity contribution is 1.26. The summed E-state index contributed by atoms with van der Waals surface area (Å²) in [6.45, 7) is 0. The fraction of sp³-hybridized carbons (Fsp3) is 0.0400. The number of hydrogen-bond acceptors (Lipinski definition) is 0. The summed E-state index contributed by atoms with van der Waals surface area (Å²) in [5.74, 6) is 0. The van der Waals surface area contributed by atoms with Crippen molar-refractivity contribution in [1.29, 1.82) is 0 Å². The van der Waals surface area contributed by atoms with Crippen LogP contribution in [0.1, 0.15) is 11.1 Å². The van der Waals surface area contributed by atoms with E-state index in [0.717, 1.165) is 6.42 Å². The van der Waals surface area contributed by atoms with Crippen LogP contribution >= 0.6 is 0 Å². The van der Waals surface area contributed by atoms with E-state index in [0.29, 0.717) is 0 Å². The highest BCUT2D eigenvalue weighted by Crippen LogP contribution is 2.35. The van der Waals surface area contributed by atoms with Gasteiger partial charge >= 0.3 is 0 Å². The summed E-state index contributed by atoms with van der Waals surface area (Å²) in [6.07, 6.45) is 1.10. The van der Waals surface area contributed by atoms with Gasteiger partial charge in [-0.05, 0) is 39.8 Å². The van der Waals surface area contributed by atoms with Crippen LogP contribution in [0.5, 0.6) is 0 Å². The van der Waals surface area contributed by atoms with E-state index in [1.54, 1.807) is 10.4 Å². The summed E-state index contributed by atoms with van der Waals surface area (Å²) in [5.41, 5.74) is 8.71. The molecule has 1 aliphatic carbocycles. The smallest absolute Gasteiger partial charge is 0.0627 e. The van der Waals surface area contributed by atoms with Crippen molar-refractivity contribution in [2.75, 3.05) is 0 Å². The Kier molecular flexibility index (Phi) is 3.80. The Balaban J connectivity index is 0.000000115. The predicted molar refractivity (Wildman–Crippen MR) is 114 cm³/mol. The van der Waals surface area contributed by atoms with Crippen molar-refractivity contribution in [2.24, 2.45) is 0 Å². The van der Waals surface area contributed by atoms with Crippen molar-refractivity contribution in [1.82, 2.24) is 0 Å². The standard InChI is InChI=1S/C13H10.C12H10Si/c1-3-7-12-10(5-1)9-11-6-2-4-8-13(11)12;1-3-7-11-9(5-1)10-6-2-4-8-12(10)13-11/h1-8H,9H2;1-8H,13H2. The third kappa shape index (κ3) is 2.61. The van der Waals surface area contributed by atoms with Crippen molar-refractivity contribution < 1.29 is 0 Å². The van der Waals surface area contributed by atoms with Crippen molar-refractivity contribution in [3.8, 4) is 22.3 Å². The van der Waals surface area contributed by atoms with Gasteiger partial charge in [-0.2, -0.15) is 0 Å². The lowest BCUT2D eigenvalue weighted by Gasteiger charge is -1.98. The second-order valence-electron chi connectivity index (χ2n) is 6.98. The van der Waals surface area contributed by atoms with Gasteiger partial charge in [-0.3, -0.25) is 0 Å². The topological polar surface area (TPSA) is 0 Å². The first kappa shape index (κ1) is 15.4. The van der Waals surface area contributed by atoms with Crippen LogP contribution in [-0.2, 0) is 6.42 Å². The molecule has 0 fully saturated rings. The van der Waals surface area contributed by atoms with Gasteiger partial charge in [-0.1, -0.05) is 107 Å². The van der Waals surface area contributed by atoms with E-state index in [1.807, 2.05) is 0 Å². The third-order valence-electron chi connectivity index (χ3n) is 5.41. The molecule has 4 aromatic carbocycles. The first-order valence-electron chi connectivity index (χ1n) is 9.22. The van der Waals surface area contributed by atoms with Gasteiger partial charge in [-0.15, -0.1) is 0 Å². The summed E-state index contributed by atoms with van der Waals surface area (Å²) in [4.78, 5) is 0. The Morgan fingerprint density at radius 1 is 0.423 bits per heavy atom. The van der Waals surface area contributed by atoms with Crippen molar-refractivity contribution in [2.45, 2.75) is 6.42 Å². The van der Waals surface area contributed by atoms with E-state index < -0.39 is 0 Å². The molecule has 0 saturated heterocycles. The molecule has 0 atom stereocenters. The van der Waals surface area contributed by atoms with Crippen molar-refractivity contribution in [3.63, 3.8) is 0 Å². The number of fused-ring (bicyclic) bond motifs is 6. The molecule has 0 N–H and O–H groups in total. The fourth-order valence-electron chi connectivity index (χ4n) is 4.16. The molecule has 6 rings (SSSR count). The number of benzene rings is 4. The Bertz CT molecular complexity index is 918. The minimum absolute atomic E-state index is 0.160. The molecule has 26 heavy (non-hydrogen) atoms. The van der Waals surface area contributed by atoms with E-state index in [-0.39, 0.29) is 9.52 Å². The molecular formula is C25H20Si. The first-order valence-corrected chi connectivity index (χ1v) is 10.6. The highest BCUT2D eigenvalue weighted by Gasteiger charge is 2.17. The van der Waals surface area contributed by atoms with Gasteiger partial charge in [-0.25, -0.2) is 0 Å². The molecule has 0 aromatic heterocycles. The second kappa shape index (κ2) is 6.43. The van der Waals surface area contributed by atoms with Crippen LogP contribution in [0.4, 0.5) is 0 Å². The second-order valence-corrected chi connectivity index (χ2v) is 8.86. The maximum Gasteiger partial charge on any atom is 0.0891 e. The number of rotatable bonds is 0. The monoisotopic (exact) mass is 348 g/mol. The van der Waals surface area contributed by atoms with Gasteiger partial charge in [0.2, 0.25) is 0 Å². The zero-order valence-electron chi connectivity index (χ0n) is 14.7. The van der Waals surface area contributed by atoms with Crippen LogP contribution in [0.15, 0.2) is 97.1 Å². The van der Waals surface area contributed by atoms with Crippen LogP contribution in [0.3, 0.4) is 0 Å². The van der Waals surface area contributed by atoms with Gasteiger partial charge in [0, 0.05) is 0 Å². The molecule has 0 spiro atoms. The lowest BCUT2D eigenvalue weighted by Crippen LogP contribution is -2.20. The normalized spacial score (nSPS) is 12.3. The van der Waals surface area contributed by atoms with Gasteiger partial charge in [0.15, 0.2) is 0 Å². The van der Waals surface area contributed by atoms with Crippen LogP contribution < -0.4 is 10.4 Å². The predicted octanol–water partition coefficient (Wildman–Crippen LogP) is 4.04. The summed E-state index contributed by atoms with van der Waals surface area (Å²) < 4.78 is 0. The molecule has 4 aromatic rings. The van der Waals surface area contributed by atoms with Crippen molar-refractivity contribution in [3.05, 3.63) is 108 Å². The van der Waals surface area contributed by atoms with Gasteiger partial charge in [0.05, 0.1) is 9.52 Å². The summed E-state index contributed by atoms with van der Waals surface area (Å²) in [7, 11) is -0.160. The SMILES string of the molecule is c1ccc2c(c1)Cc1ccccc1-2.c1ccc2c(c1)[SiH2]c1ccccc1-2. The Morgan fingerprint density at radius 2 is 0.808 bits per heavy atom. The highest BCUT2D eigenvalue weighted by atomic mass is 28.2. The Hall–Kier alpha value is -2.90. The van der Waals surface area contributed by atoms with Crippen molar-refractivity contribution >= 4 is 19.9 Å². The van der Waals surface area contributed by atoms with Crippen LogP contribution in [-0.4, -0.2) is 9.52 Å². The molecule has 0 amide bonds. The fourth-order valence-corrected chi connectivity index (χ4v) is 6.07. The van der Waals surface area contributed by atoms with Crippen LogP contribution in [0.2, 0.25) is 0 Å². The largest absolute Gasteiger partial charge is 0.0891 e. The summed E-state index contributed by atoms with van der Waals surface area (Å²) >= 11 is 0. The van der Waals surface area contributed by atoms with E-state index in [2.05, 4.69) is 97.1 Å². The molecule has 0 bridgehead atoms. The summed E-state index contributed by atoms with van der Waals surface area (Å²) in [5, 5.41) is 3.20. The van der Waals surface area contributed by atoms with Crippen LogP contribution in [0, 0.1) is 0 Å². The molecule has 1 heterocycles. The Labute approximate surface area is 157 Å². The van der Waals surface area contributed by atoms with Crippen LogP contribution in [0.25, 0.3) is 22.3 Å². The van der Waals surface area contributed by atoms with Gasteiger partial charge in [0.25, 0.3) is 0 Å². The summed E-state index contributed by atoms with van der Waals surface area (Å²) in [6, 6.07) is 34.9. The highest BCUT2D eigenvalue weighted by molar-refractivity contribution is 6.73. The van der Waals surface area contributed by atoms with E-state index in [9.17, 15) is 0 Å². The third-order valence-corrected chi connectivity index (χ3v) is 7.41. The zero-order valence-corrected chi connectivity index (χ0v) is 16.1. The zero-order chi connectivity index (χ0) is 17.3. The number of hydrogen-bond donors (Lipinski definition) is 0. The first-order chi connectivity index (χ1) is 12.9. The molecule has 0 unspecified atom stereocenters. The maximum absolute atomic E-state index is 2.28. The quantitative estimate of drug-likeness (QED) is 0.363. The molecule has 0 saturated carbocycles. The molecule has 0 radical (unpaired) electrons. The van der Waals surface area contributed by atoms with E-state index in [1.165, 1.54) is 33.4 Å². The average molecular weight is 349 g/mol. The van der Waals surface area contributed by atoms with E-state index >= 15 is 0 Å². The minimum Gasteiger partial charge on any atom is -0.0627 e. The lowest BCUT2D eigenvalue weighted by atomic mass is 10.1. The average Bonchev–Trinajstić information content (AvgIpc) is 3.27. The molecule has 2 aliphatic rings. The molecule has 124 valence electrons. The maximum atomic E-state index is 2.28. The molecule has 0 nitrogen and oxygen atoms in total. The molecule has 1 aliphatic heterocycles. The molecule has 1 heteroatoms. The molecular weight excluding hydrogens is 328 g/mol.